The quantitative estimate of drug-likeness (QED) is 0.445. The second kappa shape index (κ2) is 8.15. The highest BCUT2D eigenvalue weighted by atomic mass is 35.5. The third-order valence-electron chi connectivity index (χ3n) is 4.55. The fourth-order valence-corrected chi connectivity index (χ4v) is 3.21. The largest absolute Gasteiger partial charge is 0.289 e. The Labute approximate surface area is 160 Å². The maximum absolute atomic E-state index is 4.76. The fourth-order valence-electron chi connectivity index (χ4n) is 3.21. The van der Waals surface area contributed by atoms with Crippen molar-refractivity contribution >= 4 is 23.2 Å². The number of halogens is 1. The topological polar surface area (TPSA) is 30.7 Å². The van der Waals surface area contributed by atoms with E-state index in [4.69, 9.17) is 4.98 Å². The van der Waals surface area contributed by atoms with Crippen molar-refractivity contribution in [2.45, 2.75) is 26.2 Å². The second-order valence-electron chi connectivity index (χ2n) is 6.29. The van der Waals surface area contributed by atoms with E-state index in [1.807, 2.05) is 35.3 Å². The Morgan fingerprint density at radius 3 is 2.38 bits per heavy atom. The van der Waals surface area contributed by atoms with E-state index in [1.165, 1.54) is 29.2 Å². The minimum atomic E-state index is 0. The number of nitrogens with zero attached hydrogens (tertiary/aromatic N) is 3. The lowest BCUT2D eigenvalue weighted by Gasteiger charge is -2.10. The monoisotopic (exact) mass is 363 g/mol. The van der Waals surface area contributed by atoms with E-state index in [2.05, 4.69) is 54.5 Å². The molecule has 0 saturated carbocycles. The molecule has 0 radical (unpaired) electrons. The summed E-state index contributed by atoms with van der Waals surface area (Å²) in [5, 5.41) is 2.46. The number of rotatable bonds is 5. The van der Waals surface area contributed by atoms with Crippen molar-refractivity contribution < 1.29 is 0 Å². The number of unbranched alkanes of at least 4 members (excludes halogenated alkanes) is 1. The summed E-state index contributed by atoms with van der Waals surface area (Å²) in [6.45, 7) is 2.22. The molecule has 0 fully saturated rings. The number of imidazole rings is 1. The van der Waals surface area contributed by atoms with E-state index in [0.717, 1.165) is 23.5 Å². The summed E-state index contributed by atoms with van der Waals surface area (Å²) in [6, 6.07) is 18.8. The van der Waals surface area contributed by atoms with E-state index < -0.39 is 0 Å². The molecule has 0 aliphatic carbocycles. The lowest BCUT2D eigenvalue weighted by atomic mass is 10.0. The molecule has 0 unspecified atom stereocenters. The standard InChI is InChI=1S/C22H21N3.ClH/c1-2-3-9-18-14-23-22(20-13-8-7-12-19(18)20)25-15-21(24-16-25)17-10-5-4-6-11-17;/h4-8,10-16H,2-3,9H2,1H3;1H. The Kier molecular flexibility index (Phi) is 5.69. The van der Waals surface area contributed by atoms with Gasteiger partial charge in [0, 0.05) is 23.3 Å². The summed E-state index contributed by atoms with van der Waals surface area (Å²) in [5.41, 5.74) is 3.40. The van der Waals surface area contributed by atoms with Crippen molar-refractivity contribution in [2.24, 2.45) is 0 Å². The number of pyridine rings is 1. The molecule has 0 bridgehead atoms. The molecule has 2 aromatic heterocycles. The predicted octanol–water partition coefficient (Wildman–Crippen LogP) is 5.85. The number of fused-ring (bicyclic) bond motifs is 1. The van der Waals surface area contributed by atoms with Gasteiger partial charge in [-0.2, -0.15) is 0 Å². The molecular weight excluding hydrogens is 342 g/mol. The fraction of sp³-hybridized carbons (Fsp3) is 0.182. The van der Waals surface area contributed by atoms with Gasteiger partial charge in [-0.1, -0.05) is 67.9 Å². The van der Waals surface area contributed by atoms with Crippen molar-refractivity contribution in [3.8, 4) is 17.1 Å². The molecule has 0 saturated heterocycles. The molecule has 4 heteroatoms. The van der Waals surface area contributed by atoms with Crippen LogP contribution in [0.25, 0.3) is 27.8 Å². The minimum Gasteiger partial charge on any atom is -0.289 e. The van der Waals surface area contributed by atoms with Crippen molar-refractivity contribution in [3.05, 3.63) is 78.9 Å². The summed E-state index contributed by atoms with van der Waals surface area (Å²) in [6.07, 6.45) is 9.38. The van der Waals surface area contributed by atoms with Gasteiger partial charge in [0.15, 0.2) is 0 Å². The SMILES string of the molecule is CCCCc1cnc(-n2cnc(-c3ccccc3)c2)c2ccccc12.Cl. The van der Waals surface area contributed by atoms with Crippen LogP contribution in [0.1, 0.15) is 25.3 Å². The molecule has 2 aromatic carbocycles. The molecule has 2 heterocycles. The highest BCUT2D eigenvalue weighted by molar-refractivity contribution is 5.91. The van der Waals surface area contributed by atoms with Gasteiger partial charge in [0.05, 0.1) is 5.69 Å². The van der Waals surface area contributed by atoms with Gasteiger partial charge in [-0.3, -0.25) is 4.57 Å². The van der Waals surface area contributed by atoms with Crippen molar-refractivity contribution in [1.82, 2.24) is 14.5 Å². The predicted molar refractivity (Wildman–Crippen MR) is 110 cm³/mol. The highest BCUT2D eigenvalue weighted by Gasteiger charge is 2.10. The van der Waals surface area contributed by atoms with Crippen LogP contribution in [0, 0.1) is 0 Å². The second-order valence-corrected chi connectivity index (χ2v) is 6.29. The van der Waals surface area contributed by atoms with Crippen molar-refractivity contribution in [2.75, 3.05) is 0 Å². The molecule has 3 nitrogen and oxygen atoms in total. The van der Waals surface area contributed by atoms with Crippen molar-refractivity contribution in [3.63, 3.8) is 0 Å². The normalized spacial score (nSPS) is 10.7. The molecule has 0 aliphatic heterocycles. The molecule has 0 atom stereocenters. The molecule has 4 aromatic rings. The van der Waals surface area contributed by atoms with Gasteiger partial charge in [0.1, 0.15) is 12.1 Å². The van der Waals surface area contributed by atoms with Crippen LogP contribution < -0.4 is 0 Å². The Balaban J connectivity index is 0.00000196. The summed E-state index contributed by atoms with van der Waals surface area (Å²) < 4.78 is 2.02. The minimum absolute atomic E-state index is 0. The van der Waals surface area contributed by atoms with Gasteiger partial charge < -0.3 is 0 Å². The summed E-state index contributed by atoms with van der Waals surface area (Å²) in [4.78, 5) is 9.32. The van der Waals surface area contributed by atoms with Crippen LogP contribution in [0.3, 0.4) is 0 Å². The first-order valence-corrected chi connectivity index (χ1v) is 8.83. The first-order valence-electron chi connectivity index (χ1n) is 8.83. The first kappa shape index (κ1) is 18.2. The van der Waals surface area contributed by atoms with Crippen LogP contribution in [-0.4, -0.2) is 14.5 Å². The third-order valence-corrected chi connectivity index (χ3v) is 4.55. The maximum Gasteiger partial charge on any atom is 0.145 e. The Morgan fingerprint density at radius 1 is 0.885 bits per heavy atom. The van der Waals surface area contributed by atoms with Gasteiger partial charge in [-0.25, -0.2) is 9.97 Å². The molecule has 0 amide bonds. The summed E-state index contributed by atoms with van der Waals surface area (Å²) in [5.74, 6) is 0.936. The molecule has 132 valence electrons. The van der Waals surface area contributed by atoms with Crippen LogP contribution in [-0.2, 0) is 6.42 Å². The third kappa shape index (κ3) is 3.49. The number of hydrogen-bond donors (Lipinski definition) is 0. The van der Waals surface area contributed by atoms with Crippen LogP contribution in [0.2, 0.25) is 0 Å². The molecule has 0 spiro atoms. The lowest BCUT2D eigenvalue weighted by Crippen LogP contribution is -1.99. The molecular formula is C22H22ClN3. The van der Waals surface area contributed by atoms with E-state index >= 15 is 0 Å². The highest BCUT2D eigenvalue weighted by Crippen LogP contribution is 2.26. The molecule has 0 N–H and O–H groups in total. The van der Waals surface area contributed by atoms with Gasteiger partial charge >= 0.3 is 0 Å². The summed E-state index contributed by atoms with van der Waals surface area (Å²) >= 11 is 0. The number of aromatic nitrogens is 3. The van der Waals surface area contributed by atoms with E-state index in [0.29, 0.717) is 0 Å². The number of hydrogen-bond acceptors (Lipinski definition) is 2. The Bertz CT molecular complexity index is 993. The average Bonchev–Trinajstić information content (AvgIpc) is 3.17. The Hall–Kier alpha value is -2.65. The Morgan fingerprint density at radius 2 is 1.62 bits per heavy atom. The number of benzene rings is 2. The molecule has 0 aliphatic rings. The molecule has 4 rings (SSSR count). The average molecular weight is 364 g/mol. The lowest BCUT2D eigenvalue weighted by molar-refractivity contribution is 0.795. The van der Waals surface area contributed by atoms with E-state index in [-0.39, 0.29) is 12.4 Å². The van der Waals surface area contributed by atoms with Gasteiger partial charge in [-0.15, -0.1) is 12.4 Å². The first-order chi connectivity index (χ1) is 12.4. The van der Waals surface area contributed by atoms with Crippen LogP contribution in [0.5, 0.6) is 0 Å². The molecule has 26 heavy (non-hydrogen) atoms. The van der Waals surface area contributed by atoms with Crippen LogP contribution in [0.15, 0.2) is 73.3 Å². The zero-order valence-electron chi connectivity index (χ0n) is 14.8. The van der Waals surface area contributed by atoms with E-state index in [1.54, 1.807) is 0 Å². The smallest absolute Gasteiger partial charge is 0.145 e. The summed E-state index contributed by atoms with van der Waals surface area (Å²) in [7, 11) is 0. The number of aryl methyl sites for hydroxylation is 1. The van der Waals surface area contributed by atoms with Crippen LogP contribution >= 0.6 is 12.4 Å². The van der Waals surface area contributed by atoms with Crippen molar-refractivity contribution in [1.29, 1.82) is 0 Å². The zero-order chi connectivity index (χ0) is 17.1. The maximum atomic E-state index is 4.76. The van der Waals surface area contributed by atoms with Gasteiger partial charge in [0.2, 0.25) is 0 Å². The van der Waals surface area contributed by atoms with Gasteiger partial charge in [-0.05, 0) is 23.8 Å². The van der Waals surface area contributed by atoms with Crippen LogP contribution in [0.4, 0.5) is 0 Å². The zero-order valence-corrected chi connectivity index (χ0v) is 15.6. The van der Waals surface area contributed by atoms with Gasteiger partial charge in [0.25, 0.3) is 0 Å². The van der Waals surface area contributed by atoms with E-state index in [9.17, 15) is 0 Å².